The molecule has 1 fully saturated rings. The lowest BCUT2D eigenvalue weighted by Crippen LogP contribution is -2.44. The molecule has 1 heterocycles. The van der Waals surface area contributed by atoms with E-state index in [0.29, 0.717) is 11.5 Å². The van der Waals surface area contributed by atoms with Gasteiger partial charge in [-0.3, -0.25) is 4.79 Å². The molecule has 94 valence electrons. The highest BCUT2D eigenvalue weighted by molar-refractivity contribution is 5.97. The smallest absolute Gasteiger partial charge is 0.244 e. The van der Waals surface area contributed by atoms with Gasteiger partial charge in [0, 0.05) is 12.7 Å². The zero-order valence-electron chi connectivity index (χ0n) is 10.7. The van der Waals surface area contributed by atoms with Gasteiger partial charge in [-0.2, -0.15) is 5.26 Å². The number of rotatable bonds is 2. The van der Waals surface area contributed by atoms with Crippen LogP contribution in [-0.4, -0.2) is 25.5 Å². The second-order valence-electron chi connectivity index (χ2n) is 4.76. The first-order valence-corrected chi connectivity index (χ1v) is 6.14. The third kappa shape index (κ3) is 2.36. The fraction of sp³-hybridized carbons (Fsp3) is 0.429. The van der Waals surface area contributed by atoms with Gasteiger partial charge in [0.15, 0.2) is 0 Å². The summed E-state index contributed by atoms with van der Waals surface area (Å²) in [4.78, 5) is 14.0. The SMILES string of the molecule is CC1CCNC1C(=O)N(C)c1cccc(C#N)c1. The van der Waals surface area contributed by atoms with E-state index in [2.05, 4.69) is 18.3 Å². The number of nitriles is 1. The van der Waals surface area contributed by atoms with Crippen LogP contribution < -0.4 is 10.2 Å². The first-order valence-electron chi connectivity index (χ1n) is 6.14. The number of likely N-dealkylation sites (N-methyl/N-ethyl adjacent to an activating group) is 1. The van der Waals surface area contributed by atoms with E-state index in [4.69, 9.17) is 5.26 Å². The molecule has 1 saturated heterocycles. The molecule has 1 aliphatic rings. The van der Waals surface area contributed by atoms with Crippen molar-refractivity contribution in [2.24, 2.45) is 5.92 Å². The molecule has 2 rings (SSSR count). The number of hydrogen-bond donors (Lipinski definition) is 1. The Morgan fingerprint density at radius 3 is 2.94 bits per heavy atom. The summed E-state index contributed by atoms with van der Waals surface area (Å²) >= 11 is 0. The van der Waals surface area contributed by atoms with Crippen LogP contribution in [-0.2, 0) is 4.79 Å². The highest BCUT2D eigenvalue weighted by Crippen LogP contribution is 2.20. The maximum absolute atomic E-state index is 12.3. The Kier molecular flexibility index (Phi) is 3.63. The molecule has 2 unspecified atom stereocenters. The van der Waals surface area contributed by atoms with E-state index >= 15 is 0 Å². The Balaban J connectivity index is 2.17. The number of anilines is 1. The van der Waals surface area contributed by atoms with Gasteiger partial charge in [-0.05, 0) is 37.1 Å². The average molecular weight is 243 g/mol. The third-order valence-electron chi connectivity index (χ3n) is 3.49. The number of nitrogens with zero attached hydrogens (tertiary/aromatic N) is 2. The van der Waals surface area contributed by atoms with Crippen LogP contribution in [0.15, 0.2) is 24.3 Å². The van der Waals surface area contributed by atoms with E-state index in [1.54, 1.807) is 30.1 Å². The summed E-state index contributed by atoms with van der Waals surface area (Å²) in [6.07, 6.45) is 1.03. The van der Waals surface area contributed by atoms with Gasteiger partial charge in [-0.1, -0.05) is 13.0 Å². The first kappa shape index (κ1) is 12.6. The molecule has 0 saturated carbocycles. The van der Waals surface area contributed by atoms with Gasteiger partial charge in [0.25, 0.3) is 0 Å². The molecule has 0 aromatic heterocycles. The van der Waals surface area contributed by atoms with Crippen molar-refractivity contribution in [2.75, 3.05) is 18.5 Å². The minimum Gasteiger partial charge on any atom is -0.314 e. The second-order valence-corrected chi connectivity index (χ2v) is 4.76. The fourth-order valence-electron chi connectivity index (χ4n) is 2.29. The number of nitrogens with one attached hydrogen (secondary N) is 1. The summed E-state index contributed by atoms with van der Waals surface area (Å²) < 4.78 is 0. The Morgan fingerprint density at radius 1 is 1.56 bits per heavy atom. The van der Waals surface area contributed by atoms with Gasteiger partial charge in [-0.15, -0.1) is 0 Å². The van der Waals surface area contributed by atoms with Crippen molar-refractivity contribution in [2.45, 2.75) is 19.4 Å². The molecule has 18 heavy (non-hydrogen) atoms. The predicted molar refractivity (Wildman–Crippen MR) is 70.1 cm³/mol. The van der Waals surface area contributed by atoms with E-state index in [1.165, 1.54) is 0 Å². The lowest BCUT2D eigenvalue weighted by molar-refractivity contribution is -0.120. The molecular formula is C14H17N3O. The zero-order valence-corrected chi connectivity index (χ0v) is 10.7. The topological polar surface area (TPSA) is 56.1 Å². The van der Waals surface area contributed by atoms with Gasteiger partial charge >= 0.3 is 0 Å². The predicted octanol–water partition coefficient (Wildman–Crippen LogP) is 1.52. The largest absolute Gasteiger partial charge is 0.314 e. The fourth-order valence-corrected chi connectivity index (χ4v) is 2.29. The van der Waals surface area contributed by atoms with Crippen molar-refractivity contribution in [3.63, 3.8) is 0 Å². The Hall–Kier alpha value is -1.86. The van der Waals surface area contributed by atoms with Gasteiger partial charge in [0.2, 0.25) is 5.91 Å². The molecule has 0 spiro atoms. The van der Waals surface area contributed by atoms with Crippen molar-refractivity contribution in [3.8, 4) is 6.07 Å². The highest BCUT2D eigenvalue weighted by atomic mass is 16.2. The summed E-state index contributed by atoms with van der Waals surface area (Å²) in [7, 11) is 1.76. The minimum absolute atomic E-state index is 0.0649. The summed E-state index contributed by atoms with van der Waals surface area (Å²) in [6, 6.07) is 9.08. The van der Waals surface area contributed by atoms with Gasteiger partial charge in [-0.25, -0.2) is 0 Å². The maximum atomic E-state index is 12.3. The lowest BCUT2D eigenvalue weighted by Gasteiger charge is -2.23. The van der Waals surface area contributed by atoms with Crippen molar-refractivity contribution < 1.29 is 4.79 Å². The molecule has 4 nitrogen and oxygen atoms in total. The zero-order chi connectivity index (χ0) is 13.1. The van der Waals surface area contributed by atoms with Crippen LogP contribution >= 0.6 is 0 Å². The van der Waals surface area contributed by atoms with Crippen LogP contribution in [0.2, 0.25) is 0 Å². The molecule has 1 aliphatic heterocycles. The van der Waals surface area contributed by atoms with Crippen molar-refractivity contribution in [1.29, 1.82) is 5.26 Å². The van der Waals surface area contributed by atoms with E-state index in [-0.39, 0.29) is 11.9 Å². The molecule has 4 heteroatoms. The lowest BCUT2D eigenvalue weighted by atomic mass is 10.0. The van der Waals surface area contributed by atoms with E-state index < -0.39 is 0 Å². The molecule has 0 aliphatic carbocycles. The Labute approximate surface area is 107 Å². The number of amides is 1. The van der Waals surface area contributed by atoms with Gasteiger partial charge in [0.1, 0.15) is 0 Å². The molecule has 0 radical (unpaired) electrons. The number of benzene rings is 1. The van der Waals surface area contributed by atoms with E-state index in [0.717, 1.165) is 18.7 Å². The van der Waals surface area contributed by atoms with Crippen LogP contribution in [0.3, 0.4) is 0 Å². The molecule has 1 amide bonds. The van der Waals surface area contributed by atoms with Crippen LogP contribution in [0.25, 0.3) is 0 Å². The Morgan fingerprint density at radius 2 is 2.33 bits per heavy atom. The monoisotopic (exact) mass is 243 g/mol. The average Bonchev–Trinajstić information content (AvgIpc) is 2.83. The van der Waals surface area contributed by atoms with Gasteiger partial charge in [0.05, 0.1) is 17.7 Å². The quantitative estimate of drug-likeness (QED) is 0.856. The molecule has 1 N–H and O–H groups in total. The van der Waals surface area contributed by atoms with Crippen molar-refractivity contribution >= 4 is 11.6 Å². The number of carbonyl (C=O) groups is 1. The molecule has 0 bridgehead atoms. The summed E-state index contributed by atoms with van der Waals surface area (Å²) in [5.41, 5.74) is 1.33. The van der Waals surface area contributed by atoms with Crippen LogP contribution in [0.5, 0.6) is 0 Å². The van der Waals surface area contributed by atoms with Gasteiger partial charge < -0.3 is 10.2 Å². The third-order valence-corrected chi connectivity index (χ3v) is 3.49. The molecular weight excluding hydrogens is 226 g/mol. The second kappa shape index (κ2) is 5.19. The van der Waals surface area contributed by atoms with E-state index in [9.17, 15) is 4.79 Å². The summed E-state index contributed by atoms with van der Waals surface area (Å²) in [5, 5.41) is 12.1. The standard InChI is InChI=1S/C14H17N3O/c1-10-6-7-16-13(10)14(18)17(2)12-5-3-4-11(8-12)9-15/h3-5,8,10,13,16H,6-7H2,1-2H3. The van der Waals surface area contributed by atoms with E-state index in [1.807, 2.05) is 6.07 Å². The van der Waals surface area contributed by atoms with Crippen LogP contribution in [0.1, 0.15) is 18.9 Å². The summed E-state index contributed by atoms with van der Waals surface area (Å²) in [6.45, 7) is 2.98. The van der Waals surface area contributed by atoms with Crippen molar-refractivity contribution in [1.82, 2.24) is 5.32 Å². The normalized spacial score (nSPS) is 22.5. The molecule has 2 atom stereocenters. The molecule has 1 aromatic rings. The minimum atomic E-state index is -0.110. The maximum Gasteiger partial charge on any atom is 0.244 e. The Bertz CT molecular complexity index is 492. The summed E-state index contributed by atoms with van der Waals surface area (Å²) in [5.74, 6) is 0.425. The van der Waals surface area contributed by atoms with Crippen LogP contribution in [0.4, 0.5) is 5.69 Å². The highest BCUT2D eigenvalue weighted by Gasteiger charge is 2.31. The van der Waals surface area contributed by atoms with Crippen molar-refractivity contribution in [3.05, 3.63) is 29.8 Å². The number of carbonyl (C=O) groups excluding carboxylic acids is 1. The number of hydrogen-bond acceptors (Lipinski definition) is 3. The molecule has 1 aromatic carbocycles. The van der Waals surface area contributed by atoms with Crippen LogP contribution in [0, 0.1) is 17.2 Å². The first-order chi connectivity index (χ1) is 8.63.